The van der Waals surface area contributed by atoms with E-state index < -0.39 is 0 Å². The van der Waals surface area contributed by atoms with E-state index in [1.807, 2.05) is 37.3 Å². The van der Waals surface area contributed by atoms with Crippen molar-refractivity contribution in [1.29, 1.82) is 0 Å². The standard InChI is InChI=1S/C19H23ClN2O2/c1-5-22(6-2)15-9-7-14(8-10-15)19(23)21-17-11-13(3)16(20)12-18(17)24-4/h7-12H,5-6H2,1-4H3,(H,21,23). The Hall–Kier alpha value is -2.20. The Morgan fingerprint density at radius 1 is 1.17 bits per heavy atom. The minimum Gasteiger partial charge on any atom is -0.495 e. The van der Waals surface area contributed by atoms with Crippen molar-refractivity contribution in [2.24, 2.45) is 0 Å². The molecule has 24 heavy (non-hydrogen) atoms. The van der Waals surface area contributed by atoms with Crippen molar-refractivity contribution in [1.82, 2.24) is 0 Å². The molecule has 0 unspecified atom stereocenters. The van der Waals surface area contributed by atoms with Gasteiger partial charge in [0.25, 0.3) is 5.91 Å². The van der Waals surface area contributed by atoms with E-state index in [0.717, 1.165) is 24.3 Å². The minimum absolute atomic E-state index is 0.180. The maximum Gasteiger partial charge on any atom is 0.255 e. The predicted molar refractivity (Wildman–Crippen MR) is 101 cm³/mol. The van der Waals surface area contributed by atoms with Crippen molar-refractivity contribution in [2.45, 2.75) is 20.8 Å². The maximum absolute atomic E-state index is 12.5. The molecular formula is C19H23ClN2O2. The highest BCUT2D eigenvalue weighted by Gasteiger charge is 2.12. The first kappa shape index (κ1) is 18.1. The number of hydrogen-bond acceptors (Lipinski definition) is 3. The number of carbonyl (C=O) groups is 1. The molecule has 0 saturated carbocycles. The Bertz CT molecular complexity index is 710. The van der Waals surface area contributed by atoms with Crippen LogP contribution in [0.15, 0.2) is 36.4 Å². The zero-order chi connectivity index (χ0) is 17.7. The van der Waals surface area contributed by atoms with Crippen LogP contribution in [0.1, 0.15) is 29.8 Å². The number of halogens is 1. The van der Waals surface area contributed by atoms with E-state index >= 15 is 0 Å². The number of ether oxygens (including phenoxy) is 1. The van der Waals surface area contributed by atoms with Crippen LogP contribution in [0.5, 0.6) is 5.75 Å². The fourth-order valence-corrected chi connectivity index (χ4v) is 2.69. The third-order valence-electron chi connectivity index (χ3n) is 3.99. The molecule has 2 aromatic carbocycles. The number of methoxy groups -OCH3 is 1. The zero-order valence-corrected chi connectivity index (χ0v) is 15.3. The monoisotopic (exact) mass is 346 g/mol. The second-order valence-electron chi connectivity index (χ2n) is 5.47. The lowest BCUT2D eigenvalue weighted by Gasteiger charge is -2.21. The molecule has 0 bridgehead atoms. The Kier molecular flexibility index (Phi) is 6.10. The Labute approximate surface area is 148 Å². The molecule has 1 N–H and O–H groups in total. The van der Waals surface area contributed by atoms with Gasteiger partial charge in [0.15, 0.2) is 0 Å². The SMILES string of the molecule is CCN(CC)c1ccc(C(=O)Nc2cc(C)c(Cl)cc2OC)cc1. The highest BCUT2D eigenvalue weighted by Crippen LogP contribution is 2.31. The summed E-state index contributed by atoms with van der Waals surface area (Å²) in [6, 6.07) is 11.1. The number of rotatable bonds is 6. The number of carbonyl (C=O) groups excluding carboxylic acids is 1. The lowest BCUT2D eigenvalue weighted by Crippen LogP contribution is -2.21. The smallest absolute Gasteiger partial charge is 0.255 e. The molecule has 0 aromatic heterocycles. The number of amides is 1. The molecule has 0 fully saturated rings. The van der Waals surface area contributed by atoms with Gasteiger partial charge in [-0.05, 0) is 56.7 Å². The van der Waals surface area contributed by atoms with Gasteiger partial charge in [-0.2, -0.15) is 0 Å². The molecule has 0 heterocycles. The van der Waals surface area contributed by atoms with E-state index in [1.165, 1.54) is 0 Å². The number of anilines is 2. The van der Waals surface area contributed by atoms with Gasteiger partial charge in [0.05, 0.1) is 12.8 Å². The molecule has 0 aliphatic carbocycles. The van der Waals surface area contributed by atoms with Crippen molar-refractivity contribution in [3.8, 4) is 5.75 Å². The summed E-state index contributed by atoms with van der Waals surface area (Å²) < 4.78 is 5.29. The summed E-state index contributed by atoms with van der Waals surface area (Å²) in [6.07, 6.45) is 0. The molecule has 0 atom stereocenters. The first-order valence-corrected chi connectivity index (χ1v) is 8.38. The van der Waals surface area contributed by atoms with Crippen LogP contribution in [0.3, 0.4) is 0 Å². The molecule has 1 amide bonds. The summed E-state index contributed by atoms with van der Waals surface area (Å²) in [5, 5.41) is 3.49. The molecule has 0 saturated heterocycles. The van der Waals surface area contributed by atoms with Gasteiger partial charge in [-0.3, -0.25) is 4.79 Å². The van der Waals surface area contributed by atoms with Gasteiger partial charge in [-0.25, -0.2) is 0 Å². The summed E-state index contributed by atoms with van der Waals surface area (Å²) in [5.74, 6) is 0.361. The van der Waals surface area contributed by atoms with Crippen LogP contribution in [0, 0.1) is 6.92 Å². The van der Waals surface area contributed by atoms with E-state index in [-0.39, 0.29) is 5.91 Å². The number of aryl methyl sites for hydroxylation is 1. The summed E-state index contributed by atoms with van der Waals surface area (Å²) in [5.41, 5.74) is 3.19. The summed E-state index contributed by atoms with van der Waals surface area (Å²) in [7, 11) is 1.55. The van der Waals surface area contributed by atoms with Crippen LogP contribution in [-0.2, 0) is 0 Å². The molecule has 2 rings (SSSR count). The second-order valence-corrected chi connectivity index (χ2v) is 5.88. The molecule has 0 radical (unpaired) electrons. The maximum atomic E-state index is 12.5. The van der Waals surface area contributed by atoms with Crippen LogP contribution in [0.25, 0.3) is 0 Å². The largest absolute Gasteiger partial charge is 0.495 e. The third kappa shape index (κ3) is 4.01. The Morgan fingerprint density at radius 2 is 1.79 bits per heavy atom. The fraction of sp³-hybridized carbons (Fsp3) is 0.316. The van der Waals surface area contributed by atoms with Crippen LogP contribution in [0.4, 0.5) is 11.4 Å². The van der Waals surface area contributed by atoms with Gasteiger partial charge in [0, 0.05) is 35.4 Å². The summed E-state index contributed by atoms with van der Waals surface area (Å²) >= 11 is 6.10. The highest BCUT2D eigenvalue weighted by molar-refractivity contribution is 6.31. The van der Waals surface area contributed by atoms with Crippen molar-refractivity contribution in [2.75, 3.05) is 30.4 Å². The van der Waals surface area contributed by atoms with Crippen molar-refractivity contribution < 1.29 is 9.53 Å². The Morgan fingerprint density at radius 3 is 2.33 bits per heavy atom. The topological polar surface area (TPSA) is 41.6 Å². The van der Waals surface area contributed by atoms with Crippen molar-refractivity contribution in [3.05, 3.63) is 52.5 Å². The average Bonchev–Trinajstić information content (AvgIpc) is 2.59. The number of nitrogens with zero attached hydrogens (tertiary/aromatic N) is 1. The van der Waals surface area contributed by atoms with Crippen LogP contribution in [0.2, 0.25) is 5.02 Å². The molecular weight excluding hydrogens is 324 g/mol. The quantitative estimate of drug-likeness (QED) is 0.820. The first-order valence-electron chi connectivity index (χ1n) is 8.00. The molecule has 0 spiro atoms. The number of benzene rings is 2. The summed E-state index contributed by atoms with van der Waals surface area (Å²) in [6.45, 7) is 7.97. The van der Waals surface area contributed by atoms with E-state index in [2.05, 4.69) is 24.1 Å². The van der Waals surface area contributed by atoms with Gasteiger partial charge in [-0.15, -0.1) is 0 Å². The van der Waals surface area contributed by atoms with E-state index in [0.29, 0.717) is 22.0 Å². The van der Waals surface area contributed by atoms with Gasteiger partial charge in [0.1, 0.15) is 5.75 Å². The molecule has 5 heteroatoms. The number of hydrogen-bond donors (Lipinski definition) is 1. The van der Waals surface area contributed by atoms with Gasteiger partial charge >= 0.3 is 0 Å². The lowest BCUT2D eigenvalue weighted by molar-refractivity contribution is 0.102. The average molecular weight is 347 g/mol. The van der Waals surface area contributed by atoms with Crippen molar-refractivity contribution in [3.63, 3.8) is 0 Å². The minimum atomic E-state index is -0.180. The molecule has 4 nitrogen and oxygen atoms in total. The Balaban J connectivity index is 2.20. The van der Waals surface area contributed by atoms with E-state index in [9.17, 15) is 4.79 Å². The highest BCUT2D eigenvalue weighted by atomic mass is 35.5. The third-order valence-corrected chi connectivity index (χ3v) is 4.39. The van der Waals surface area contributed by atoms with E-state index in [1.54, 1.807) is 13.2 Å². The molecule has 0 aliphatic heterocycles. The fourth-order valence-electron chi connectivity index (χ4n) is 2.54. The molecule has 0 aliphatic rings. The van der Waals surface area contributed by atoms with Crippen LogP contribution < -0.4 is 15.0 Å². The van der Waals surface area contributed by atoms with Crippen LogP contribution in [-0.4, -0.2) is 26.1 Å². The normalized spacial score (nSPS) is 10.4. The van der Waals surface area contributed by atoms with Gasteiger partial charge < -0.3 is 15.0 Å². The summed E-state index contributed by atoms with van der Waals surface area (Å²) in [4.78, 5) is 14.7. The predicted octanol–water partition coefficient (Wildman–Crippen LogP) is 4.76. The van der Waals surface area contributed by atoms with Crippen molar-refractivity contribution >= 4 is 28.9 Å². The van der Waals surface area contributed by atoms with Gasteiger partial charge in [0.2, 0.25) is 0 Å². The number of nitrogens with one attached hydrogen (secondary N) is 1. The van der Waals surface area contributed by atoms with Crippen LogP contribution >= 0.6 is 11.6 Å². The lowest BCUT2D eigenvalue weighted by atomic mass is 10.1. The zero-order valence-electron chi connectivity index (χ0n) is 14.5. The van der Waals surface area contributed by atoms with Gasteiger partial charge in [-0.1, -0.05) is 11.6 Å². The molecule has 2 aromatic rings. The molecule has 128 valence electrons. The van der Waals surface area contributed by atoms with E-state index in [4.69, 9.17) is 16.3 Å². The second kappa shape index (κ2) is 8.06. The first-order chi connectivity index (χ1) is 11.5.